The van der Waals surface area contributed by atoms with E-state index in [-0.39, 0.29) is 5.91 Å². The van der Waals surface area contributed by atoms with Crippen LogP contribution in [0.4, 0.5) is 10.8 Å². The normalized spacial score (nSPS) is 15.1. The number of hydrogen-bond acceptors (Lipinski definition) is 7. The number of nitrogens with one attached hydrogen (secondary N) is 1. The van der Waals surface area contributed by atoms with Crippen molar-refractivity contribution in [1.82, 2.24) is 9.97 Å². The Morgan fingerprint density at radius 1 is 1.32 bits per heavy atom. The summed E-state index contributed by atoms with van der Waals surface area (Å²) < 4.78 is 6.44. The summed E-state index contributed by atoms with van der Waals surface area (Å²) in [5.74, 6) is -0.174. The van der Waals surface area contributed by atoms with Crippen LogP contribution in [0.1, 0.15) is 5.01 Å². The van der Waals surface area contributed by atoms with Crippen LogP contribution in [-0.4, -0.2) is 42.2 Å². The third kappa shape index (κ3) is 3.87. The van der Waals surface area contributed by atoms with Gasteiger partial charge in [0.05, 0.1) is 23.4 Å². The Kier molecular flexibility index (Phi) is 4.73. The van der Waals surface area contributed by atoms with Crippen molar-refractivity contribution in [1.29, 1.82) is 0 Å². The molecule has 1 aromatic carbocycles. The maximum Gasteiger partial charge on any atom is 0.248 e. The highest BCUT2D eigenvalue weighted by atomic mass is 32.1. The predicted molar refractivity (Wildman–Crippen MR) is 102 cm³/mol. The molecule has 0 atom stereocenters. The van der Waals surface area contributed by atoms with Gasteiger partial charge in [0.15, 0.2) is 5.13 Å². The number of carbonyl (C=O) groups is 1. The molecular formula is C17H16N4O2S2. The fraction of sp³-hybridized carbons (Fsp3) is 0.235. The van der Waals surface area contributed by atoms with Crippen molar-refractivity contribution < 1.29 is 9.53 Å². The predicted octanol–water partition coefficient (Wildman–Crippen LogP) is 3.24. The summed E-state index contributed by atoms with van der Waals surface area (Å²) in [5.41, 5.74) is 1.71. The largest absolute Gasteiger partial charge is 0.378 e. The van der Waals surface area contributed by atoms with Gasteiger partial charge >= 0.3 is 0 Å². The Balaban J connectivity index is 1.47. The van der Waals surface area contributed by atoms with E-state index in [1.807, 2.05) is 23.6 Å². The summed E-state index contributed by atoms with van der Waals surface area (Å²) in [6, 6.07) is 5.78. The number of nitrogens with zero attached hydrogens (tertiary/aromatic N) is 3. The molecular weight excluding hydrogens is 356 g/mol. The molecule has 8 heteroatoms. The molecule has 0 bridgehead atoms. The van der Waals surface area contributed by atoms with Crippen molar-refractivity contribution in [2.45, 2.75) is 0 Å². The number of morpholine rings is 1. The average molecular weight is 372 g/mol. The molecule has 0 spiro atoms. The molecule has 0 unspecified atom stereocenters. The summed E-state index contributed by atoms with van der Waals surface area (Å²) in [4.78, 5) is 23.1. The molecule has 0 aliphatic carbocycles. The first-order valence-corrected chi connectivity index (χ1v) is 9.59. The average Bonchev–Trinajstić information content (AvgIpc) is 3.30. The highest BCUT2D eigenvalue weighted by molar-refractivity contribution is 7.22. The molecule has 4 rings (SSSR count). The van der Waals surface area contributed by atoms with Crippen LogP contribution in [0.25, 0.3) is 16.3 Å². The van der Waals surface area contributed by atoms with E-state index in [0.29, 0.717) is 0 Å². The van der Waals surface area contributed by atoms with Crippen molar-refractivity contribution in [3.05, 3.63) is 40.9 Å². The number of rotatable bonds is 4. The second-order valence-corrected chi connectivity index (χ2v) is 7.41. The van der Waals surface area contributed by atoms with Crippen LogP contribution in [-0.2, 0) is 9.53 Å². The van der Waals surface area contributed by atoms with Gasteiger partial charge < -0.3 is 15.0 Å². The number of anilines is 2. The van der Waals surface area contributed by atoms with Gasteiger partial charge in [0.2, 0.25) is 5.91 Å². The second kappa shape index (κ2) is 7.30. The molecule has 128 valence electrons. The molecule has 0 radical (unpaired) electrons. The monoisotopic (exact) mass is 372 g/mol. The van der Waals surface area contributed by atoms with Crippen LogP contribution in [0, 0.1) is 0 Å². The lowest BCUT2D eigenvalue weighted by Crippen LogP contribution is -2.36. The van der Waals surface area contributed by atoms with E-state index < -0.39 is 0 Å². The Hall–Kier alpha value is -2.29. The Bertz CT molecular complexity index is 899. The molecule has 3 aromatic rings. The van der Waals surface area contributed by atoms with Gasteiger partial charge in [-0.3, -0.25) is 4.79 Å². The Morgan fingerprint density at radius 3 is 3.00 bits per heavy atom. The van der Waals surface area contributed by atoms with Crippen LogP contribution < -0.4 is 10.2 Å². The summed E-state index contributed by atoms with van der Waals surface area (Å²) >= 11 is 3.13. The zero-order valence-electron chi connectivity index (χ0n) is 13.3. The van der Waals surface area contributed by atoms with Crippen LogP contribution >= 0.6 is 22.7 Å². The third-order valence-electron chi connectivity index (χ3n) is 3.75. The van der Waals surface area contributed by atoms with Crippen molar-refractivity contribution in [2.24, 2.45) is 0 Å². The Morgan fingerprint density at radius 2 is 2.20 bits per heavy atom. The molecule has 1 fully saturated rings. The summed E-state index contributed by atoms with van der Waals surface area (Å²) in [6.45, 7) is 3.21. The van der Waals surface area contributed by atoms with Crippen LogP contribution in [0.3, 0.4) is 0 Å². The molecule has 1 N–H and O–H groups in total. The number of thiazole rings is 2. The van der Waals surface area contributed by atoms with E-state index in [4.69, 9.17) is 4.74 Å². The van der Waals surface area contributed by atoms with Gasteiger partial charge in [-0.15, -0.1) is 11.3 Å². The number of carbonyl (C=O) groups excluding carboxylic acids is 1. The van der Waals surface area contributed by atoms with Crippen LogP contribution in [0.15, 0.2) is 35.9 Å². The highest BCUT2D eigenvalue weighted by Crippen LogP contribution is 2.31. The van der Waals surface area contributed by atoms with E-state index in [0.717, 1.165) is 52.3 Å². The minimum absolute atomic E-state index is 0.174. The number of aromatic nitrogens is 2. The number of benzene rings is 1. The topological polar surface area (TPSA) is 67.4 Å². The van der Waals surface area contributed by atoms with Gasteiger partial charge in [-0.2, -0.15) is 0 Å². The minimum Gasteiger partial charge on any atom is -0.378 e. The van der Waals surface area contributed by atoms with Crippen molar-refractivity contribution >= 4 is 55.7 Å². The quantitative estimate of drug-likeness (QED) is 0.712. The number of hydrogen-bond donors (Lipinski definition) is 1. The first-order chi connectivity index (χ1) is 12.3. The zero-order valence-corrected chi connectivity index (χ0v) is 15.0. The summed E-state index contributed by atoms with van der Waals surface area (Å²) in [6.07, 6.45) is 4.92. The van der Waals surface area contributed by atoms with Gasteiger partial charge in [-0.05, 0) is 24.3 Å². The van der Waals surface area contributed by atoms with Gasteiger partial charge in [0.25, 0.3) is 0 Å². The van der Waals surface area contributed by atoms with Crippen molar-refractivity contribution in [3.8, 4) is 0 Å². The van der Waals surface area contributed by atoms with E-state index in [1.54, 1.807) is 23.6 Å². The molecule has 1 amide bonds. The van der Waals surface area contributed by atoms with Gasteiger partial charge in [-0.1, -0.05) is 11.3 Å². The lowest BCUT2D eigenvalue weighted by Gasteiger charge is -2.25. The lowest BCUT2D eigenvalue weighted by atomic mass is 10.3. The molecule has 2 aromatic heterocycles. The molecule has 1 aliphatic rings. The minimum atomic E-state index is -0.174. The van der Waals surface area contributed by atoms with Crippen molar-refractivity contribution in [2.75, 3.05) is 36.5 Å². The van der Waals surface area contributed by atoms with E-state index in [9.17, 15) is 4.79 Å². The first-order valence-electron chi connectivity index (χ1n) is 7.90. The Labute approximate surface area is 152 Å². The lowest BCUT2D eigenvalue weighted by molar-refractivity contribution is -0.111. The maximum absolute atomic E-state index is 12.0. The number of fused-ring (bicyclic) bond motifs is 1. The summed E-state index contributed by atoms with van der Waals surface area (Å²) in [5, 5.41) is 6.57. The highest BCUT2D eigenvalue weighted by Gasteiger charge is 2.15. The fourth-order valence-corrected chi connectivity index (χ4v) is 4.11. The number of amides is 1. The van der Waals surface area contributed by atoms with E-state index >= 15 is 0 Å². The first kappa shape index (κ1) is 16.2. The van der Waals surface area contributed by atoms with Crippen LogP contribution in [0.2, 0.25) is 0 Å². The van der Waals surface area contributed by atoms with E-state index in [2.05, 4.69) is 20.2 Å². The molecule has 1 aliphatic heterocycles. The molecule has 0 saturated carbocycles. The van der Waals surface area contributed by atoms with Gasteiger partial charge in [0, 0.05) is 36.4 Å². The fourth-order valence-electron chi connectivity index (χ4n) is 2.53. The number of ether oxygens (including phenoxy) is 1. The molecule has 3 heterocycles. The van der Waals surface area contributed by atoms with Crippen LogP contribution in [0.5, 0.6) is 0 Å². The SMILES string of the molecule is O=C(/C=C/c1nccs1)Nc1ccc2nc(N3CCOCC3)sc2c1. The second-order valence-electron chi connectivity index (χ2n) is 5.47. The standard InChI is InChI=1S/C17H16N4O2S2/c22-15(3-4-16-18-5-10-24-16)19-12-1-2-13-14(11-12)25-17(20-13)21-6-8-23-9-7-21/h1-5,10-11H,6-9H2,(H,19,22)/b4-3+. The molecule has 25 heavy (non-hydrogen) atoms. The maximum atomic E-state index is 12.0. The van der Waals surface area contributed by atoms with E-state index in [1.165, 1.54) is 17.4 Å². The smallest absolute Gasteiger partial charge is 0.248 e. The van der Waals surface area contributed by atoms with Gasteiger partial charge in [0.1, 0.15) is 5.01 Å². The summed E-state index contributed by atoms with van der Waals surface area (Å²) in [7, 11) is 0. The molecule has 6 nitrogen and oxygen atoms in total. The third-order valence-corrected chi connectivity index (χ3v) is 5.57. The zero-order chi connectivity index (χ0) is 17.1. The van der Waals surface area contributed by atoms with Gasteiger partial charge in [-0.25, -0.2) is 9.97 Å². The molecule has 1 saturated heterocycles. The van der Waals surface area contributed by atoms with Crippen molar-refractivity contribution in [3.63, 3.8) is 0 Å².